The molecule has 0 bridgehead atoms. The number of carboxylic acids is 1. The fraction of sp³-hybridized carbons (Fsp3) is 0.583. The number of nitrogens with one attached hydrogen (secondary N) is 1. The minimum absolute atomic E-state index is 0.214. The number of amides is 2. The number of hydrogen-bond donors (Lipinski definition) is 2. The van der Waals surface area contributed by atoms with E-state index in [0.717, 1.165) is 15.6 Å². The molecule has 1 saturated heterocycles. The van der Waals surface area contributed by atoms with Crippen LogP contribution in [0.15, 0.2) is 0 Å². The standard InChI is InChI=1S/C12H17N3O3S/c1-7-8(2)19-10(14-7)5-13-12(18)15-4-3-9(6-15)11(16)17/h9H,3-6H2,1-2H3,(H,13,18)(H,16,17). The van der Waals surface area contributed by atoms with Crippen molar-refractivity contribution < 1.29 is 14.7 Å². The summed E-state index contributed by atoms with van der Waals surface area (Å²) in [6.07, 6.45) is 0.526. The lowest BCUT2D eigenvalue weighted by atomic mass is 10.1. The first-order valence-electron chi connectivity index (χ1n) is 6.16. The van der Waals surface area contributed by atoms with Gasteiger partial charge in [0.2, 0.25) is 0 Å². The monoisotopic (exact) mass is 283 g/mol. The molecule has 7 heteroatoms. The maximum Gasteiger partial charge on any atom is 0.317 e. The van der Waals surface area contributed by atoms with Gasteiger partial charge in [0, 0.05) is 18.0 Å². The number of aromatic nitrogens is 1. The largest absolute Gasteiger partial charge is 0.481 e. The van der Waals surface area contributed by atoms with Crippen molar-refractivity contribution in [1.82, 2.24) is 15.2 Å². The summed E-state index contributed by atoms with van der Waals surface area (Å²) in [6, 6.07) is -0.214. The molecule has 1 aromatic rings. The normalized spacial score (nSPS) is 18.6. The Bertz CT molecular complexity index is 481. The molecule has 104 valence electrons. The molecule has 1 aromatic heterocycles. The molecule has 0 radical (unpaired) electrons. The third kappa shape index (κ3) is 3.23. The molecule has 1 aliphatic heterocycles. The van der Waals surface area contributed by atoms with Crippen LogP contribution in [0.1, 0.15) is 22.0 Å². The molecule has 0 spiro atoms. The molecule has 0 saturated carbocycles. The van der Waals surface area contributed by atoms with Gasteiger partial charge in [0.1, 0.15) is 5.01 Å². The minimum Gasteiger partial charge on any atom is -0.481 e. The summed E-state index contributed by atoms with van der Waals surface area (Å²) < 4.78 is 0. The van der Waals surface area contributed by atoms with Gasteiger partial charge in [0.25, 0.3) is 0 Å². The Morgan fingerprint density at radius 3 is 2.79 bits per heavy atom. The van der Waals surface area contributed by atoms with E-state index in [9.17, 15) is 9.59 Å². The number of likely N-dealkylation sites (tertiary alicyclic amines) is 1. The van der Waals surface area contributed by atoms with Crippen LogP contribution in [-0.2, 0) is 11.3 Å². The van der Waals surface area contributed by atoms with Crippen molar-refractivity contribution in [3.05, 3.63) is 15.6 Å². The number of thiazole rings is 1. The third-order valence-corrected chi connectivity index (χ3v) is 4.36. The van der Waals surface area contributed by atoms with Gasteiger partial charge in [-0.1, -0.05) is 0 Å². The van der Waals surface area contributed by atoms with Crippen LogP contribution in [0.5, 0.6) is 0 Å². The van der Waals surface area contributed by atoms with E-state index >= 15 is 0 Å². The second kappa shape index (κ2) is 5.56. The summed E-state index contributed by atoms with van der Waals surface area (Å²) in [4.78, 5) is 29.7. The highest BCUT2D eigenvalue weighted by molar-refractivity contribution is 7.11. The third-order valence-electron chi connectivity index (χ3n) is 3.29. The van der Waals surface area contributed by atoms with E-state index in [0.29, 0.717) is 19.5 Å². The highest BCUT2D eigenvalue weighted by Gasteiger charge is 2.30. The first kappa shape index (κ1) is 13.8. The summed E-state index contributed by atoms with van der Waals surface area (Å²) in [7, 11) is 0. The molecule has 0 aromatic carbocycles. The van der Waals surface area contributed by atoms with E-state index in [2.05, 4.69) is 10.3 Å². The molecule has 6 nitrogen and oxygen atoms in total. The SMILES string of the molecule is Cc1nc(CNC(=O)N2CCC(C(=O)O)C2)sc1C. The Hall–Kier alpha value is -1.63. The molecule has 19 heavy (non-hydrogen) atoms. The van der Waals surface area contributed by atoms with Gasteiger partial charge in [-0.05, 0) is 20.3 Å². The zero-order chi connectivity index (χ0) is 14.0. The number of aliphatic carboxylic acids is 1. The first-order valence-corrected chi connectivity index (χ1v) is 6.97. The molecular weight excluding hydrogens is 266 g/mol. The number of hydrogen-bond acceptors (Lipinski definition) is 4. The average molecular weight is 283 g/mol. The van der Waals surface area contributed by atoms with Crippen molar-refractivity contribution in [1.29, 1.82) is 0 Å². The molecular formula is C12H17N3O3S. The van der Waals surface area contributed by atoms with E-state index in [1.54, 1.807) is 16.2 Å². The van der Waals surface area contributed by atoms with Crippen LogP contribution in [0.25, 0.3) is 0 Å². The second-order valence-corrected chi connectivity index (χ2v) is 5.97. The Kier molecular flexibility index (Phi) is 4.04. The van der Waals surface area contributed by atoms with Gasteiger partial charge in [0.05, 0.1) is 18.2 Å². The molecule has 2 heterocycles. The average Bonchev–Trinajstić information content (AvgIpc) is 2.95. The quantitative estimate of drug-likeness (QED) is 0.878. The molecule has 2 N–H and O–H groups in total. The van der Waals surface area contributed by atoms with E-state index in [1.807, 2.05) is 13.8 Å². The number of urea groups is 1. The topological polar surface area (TPSA) is 82.5 Å². The number of nitrogens with zero attached hydrogens (tertiary/aromatic N) is 2. The number of carboxylic acid groups (broad SMARTS) is 1. The first-order chi connectivity index (χ1) is 8.97. The van der Waals surface area contributed by atoms with Gasteiger partial charge < -0.3 is 15.3 Å². The molecule has 1 aliphatic rings. The van der Waals surface area contributed by atoms with Crippen molar-refractivity contribution >= 4 is 23.3 Å². The number of rotatable bonds is 3. The smallest absolute Gasteiger partial charge is 0.317 e. The van der Waals surface area contributed by atoms with Crippen molar-refractivity contribution in [2.45, 2.75) is 26.8 Å². The highest BCUT2D eigenvalue weighted by atomic mass is 32.1. The fourth-order valence-electron chi connectivity index (χ4n) is 2.02. The predicted octanol–water partition coefficient (Wildman–Crippen LogP) is 1.38. The van der Waals surface area contributed by atoms with Gasteiger partial charge in [-0.3, -0.25) is 4.79 Å². The number of aryl methyl sites for hydroxylation is 2. The maximum atomic E-state index is 11.9. The summed E-state index contributed by atoms with van der Waals surface area (Å²) >= 11 is 1.57. The second-order valence-electron chi connectivity index (χ2n) is 4.68. The molecule has 1 unspecified atom stereocenters. The van der Waals surface area contributed by atoms with Crippen molar-refractivity contribution in [2.24, 2.45) is 5.92 Å². The lowest BCUT2D eigenvalue weighted by Gasteiger charge is -2.16. The molecule has 0 aliphatic carbocycles. The zero-order valence-electron chi connectivity index (χ0n) is 11.0. The molecule has 1 atom stereocenters. The van der Waals surface area contributed by atoms with Crippen LogP contribution in [-0.4, -0.2) is 40.1 Å². The molecule has 2 rings (SSSR count). The van der Waals surface area contributed by atoms with Crippen LogP contribution >= 0.6 is 11.3 Å². The Morgan fingerprint density at radius 1 is 1.53 bits per heavy atom. The van der Waals surface area contributed by atoms with E-state index in [4.69, 9.17) is 5.11 Å². The van der Waals surface area contributed by atoms with Gasteiger partial charge in [-0.15, -0.1) is 11.3 Å². The van der Waals surface area contributed by atoms with Crippen molar-refractivity contribution in [2.75, 3.05) is 13.1 Å². The summed E-state index contributed by atoms with van der Waals surface area (Å²) in [5.74, 6) is -1.27. The molecule has 2 amide bonds. The fourth-order valence-corrected chi connectivity index (χ4v) is 2.90. The lowest BCUT2D eigenvalue weighted by Crippen LogP contribution is -2.38. The van der Waals surface area contributed by atoms with Crippen LogP contribution in [0.3, 0.4) is 0 Å². The maximum absolute atomic E-state index is 11.9. The van der Waals surface area contributed by atoms with Crippen LogP contribution < -0.4 is 5.32 Å². The Labute approximate surface area is 115 Å². The van der Waals surface area contributed by atoms with Gasteiger partial charge in [0.15, 0.2) is 0 Å². The molecule has 1 fully saturated rings. The van der Waals surface area contributed by atoms with Crippen LogP contribution in [0.4, 0.5) is 4.79 Å². The van der Waals surface area contributed by atoms with Crippen molar-refractivity contribution in [3.63, 3.8) is 0 Å². The predicted molar refractivity (Wildman–Crippen MR) is 71.1 cm³/mol. The number of carbonyl (C=O) groups excluding carboxylic acids is 1. The highest BCUT2D eigenvalue weighted by Crippen LogP contribution is 2.18. The Balaban J connectivity index is 1.83. The zero-order valence-corrected chi connectivity index (χ0v) is 11.8. The van der Waals surface area contributed by atoms with E-state index in [1.165, 1.54) is 0 Å². The summed E-state index contributed by atoms with van der Waals surface area (Å²) in [6.45, 7) is 5.12. The summed E-state index contributed by atoms with van der Waals surface area (Å²) in [5.41, 5.74) is 0.987. The van der Waals surface area contributed by atoms with E-state index < -0.39 is 11.9 Å². The summed E-state index contributed by atoms with van der Waals surface area (Å²) in [5, 5.41) is 12.5. The van der Waals surface area contributed by atoms with Crippen LogP contribution in [0.2, 0.25) is 0 Å². The Morgan fingerprint density at radius 2 is 2.26 bits per heavy atom. The van der Waals surface area contributed by atoms with Gasteiger partial charge >= 0.3 is 12.0 Å². The van der Waals surface area contributed by atoms with Gasteiger partial charge in [-0.2, -0.15) is 0 Å². The minimum atomic E-state index is -0.832. The number of carbonyl (C=O) groups is 2. The lowest BCUT2D eigenvalue weighted by molar-refractivity contribution is -0.141. The van der Waals surface area contributed by atoms with Crippen LogP contribution in [0, 0.1) is 19.8 Å². The van der Waals surface area contributed by atoms with E-state index in [-0.39, 0.29) is 12.6 Å². The van der Waals surface area contributed by atoms with Gasteiger partial charge in [-0.25, -0.2) is 9.78 Å². The van der Waals surface area contributed by atoms with Crippen molar-refractivity contribution in [3.8, 4) is 0 Å².